The standard InChI is InChI=1S/C26H31NO7S/c1-35(31,32)25-23(30)21(28)22(29)24(33-25)16-5-6-18(15-3-4-15)17(12-16)10-14-2-7-19-20(11-14)34-26(8-9-26)13-27-19/h2,5-7,11-12,15,21-25,27-30H,3-4,8-10,13H2,1H3/t21-,22-,23+,24+,25-/m1/s1. The highest BCUT2D eigenvalue weighted by atomic mass is 32.2. The molecular weight excluding hydrogens is 470 g/mol. The van der Waals surface area contributed by atoms with Crippen LogP contribution in [0.1, 0.15) is 60.0 Å². The van der Waals surface area contributed by atoms with Crippen LogP contribution in [0.4, 0.5) is 5.69 Å². The number of rotatable bonds is 5. The Morgan fingerprint density at radius 1 is 1.03 bits per heavy atom. The molecule has 2 aliphatic carbocycles. The number of aliphatic hydroxyl groups excluding tert-OH is 3. The van der Waals surface area contributed by atoms with Crippen molar-refractivity contribution in [3.63, 3.8) is 0 Å². The molecule has 2 aliphatic heterocycles. The van der Waals surface area contributed by atoms with Gasteiger partial charge in [-0.25, -0.2) is 8.42 Å². The second kappa shape index (κ2) is 8.18. The summed E-state index contributed by atoms with van der Waals surface area (Å²) < 4.78 is 36.3. The number of benzene rings is 2. The smallest absolute Gasteiger partial charge is 0.187 e. The monoisotopic (exact) mass is 501 g/mol. The molecule has 4 N–H and O–H groups in total. The Hall–Kier alpha value is -2.17. The first kappa shape index (κ1) is 23.2. The van der Waals surface area contributed by atoms with E-state index in [2.05, 4.69) is 17.4 Å². The van der Waals surface area contributed by atoms with Crippen molar-refractivity contribution >= 4 is 15.5 Å². The van der Waals surface area contributed by atoms with Crippen molar-refractivity contribution in [1.82, 2.24) is 0 Å². The predicted octanol–water partition coefficient (Wildman–Crippen LogP) is 2.02. The maximum Gasteiger partial charge on any atom is 0.187 e. The quantitative estimate of drug-likeness (QED) is 0.490. The number of fused-ring (bicyclic) bond motifs is 1. The molecule has 0 unspecified atom stereocenters. The second-order valence-electron chi connectivity index (χ2n) is 10.6. The number of hydrogen-bond donors (Lipinski definition) is 4. The van der Waals surface area contributed by atoms with Gasteiger partial charge in [0.25, 0.3) is 0 Å². The molecule has 6 rings (SSSR count). The van der Waals surface area contributed by atoms with Gasteiger partial charge in [-0.3, -0.25) is 0 Å². The van der Waals surface area contributed by atoms with E-state index in [1.54, 1.807) is 0 Å². The molecular formula is C26H31NO7S. The van der Waals surface area contributed by atoms with Gasteiger partial charge in [-0.2, -0.15) is 0 Å². The molecule has 2 aromatic rings. The molecule has 9 heteroatoms. The van der Waals surface area contributed by atoms with Gasteiger partial charge in [0, 0.05) is 6.26 Å². The Morgan fingerprint density at radius 2 is 1.80 bits per heavy atom. The topological polar surface area (TPSA) is 125 Å². The molecule has 1 spiro atoms. The minimum absolute atomic E-state index is 0.0548. The molecule has 3 fully saturated rings. The van der Waals surface area contributed by atoms with Crippen LogP contribution in [0.2, 0.25) is 0 Å². The molecule has 1 saturated heterocycles. The van der Waals surface area contributed by atoms with Crippen LogP contribution in [0.3, 0.4) is 0 Å². The lowest BCUT2D eigenvalue weighted by Gasteiger charge is -2.40. The van der Waals surface area contributed by atoms with Crippen molar-refractivity contribution in [1.29, 1.82) is 0 Å². The van der Waals surface area contributed by atoms with Crippen LogP contribution in [-0.2, 0) is 21.0 Å². The fourth-order valence-corrected chi connectivity index (χ4v) is 6.29. The van der Waals surface area contributed by atoms with Crippen LogP contribution in [-0.4, -0.2) is 65.9 Å². The van der Waals surface area contributed by atoms with Gasteiger partial charge >= 0.3 is 0 Å². The van der Waals surface area contributed by atoms with Crippen LogP contribution in [0.25, 0.3) is 0 Å². The SMILES string of the molecule is CS(=O)(=O)[C@H]1O[C@@H](c2ccc(C3CC3)c(Cc3ccc4c(c3)OC3(CC3)CN4)c2)[C@H](O)[C@@H](O)[C@@H]1O. The Bertz CT molecular complexity index is 1250. The highest BCUT2D eigenvalue weighted by Gasteiger charge is 2.49. The molecule has 188 valence electrons. The summed E-state index contributed by atoms with van der Waals surface area (Å²) in [5.74, 6) is 1.35. The summed E-state index contributed by atoms with van der Waals surface area (Å²) in [4.78, 5) is 0. The number of nitrogens with one attached hydrogen (secondary N) is 1. The van der Waals surface area contributed by atoms with Gasteiger partial charge in [0.05, 0.1) is 12.2 Å². The average Bonchev–Trinajstić information content (AvgIpc) is 3.74. The number of ether oxygens (including phenoxy) is 2. The van der Waals surface area contributed by atoms with E-state index in [0.717, 1.165) is 61.0 Å². The number of hydrogen-bond acceptors (Lipinski definition) is 8. The lowest BCUT2D eigenvalue weighted by atomic mass is 9.89. The predicted molar refractivity (Wildman–Crippen MR) is 129 cm³/mol. The first-order valence-corrected chi connectivity index (χ1v) is 14.2. The first-order chi connectivity index (χ1) is 16.6. The van der Waals surface area contributed by atoms with Crippen LogP contribution >= 0.6 is 0 Å². The third-order valence-corrected chi connectivity index (χ3v) is 8.91. The summed E-state index contributed by atoms with van der Waals surface area (Å²) in [5.41, 5.74) is 3.30. The molecule has 0 amide bonds. The molecule has 0 radical (unpaired) electrons. The van der Waals surface area contributed by atoms with E-state index in [4.69, 9.17) is 9.47 Å². The van der Waals surface area contributed by atoms with Gasteiger partial charge in [0.1, 0.15) is 35.8 Å². The molecule has 2 heterocycles. The van der Waals surface area contributed by atoms with Gasteiger partial charge in [-0.05, 0) is 72.4 Å². The van der Waals surface area contributed by atoms with Gasteiger partial charge in [-0.15, -0.1) is 0 Å². The van der Waals surface area contributed by atoms with E-state index < -0.39 is 39.7 Å². The summed E-state index contributed by atoms with van der Waals surface area (Å²) >= 11 is 0. The number of sulfone groups is 1. The van der Waals surface area contributed by atoms with Gasteiger partial charge < -0.3 is 30.1 Å². The zero-order valence-corrected chi connectivity index (χ0v) is 20.4. The highest BCUT2D eigenvalue weighted by molar-refractivity contribution is 7.91. The van der Waals surface area contributed by atoms with Crippen molar-refractivity contribution in [3.05, 3.63) is 58.7 Å². The van der Waals surface area contributed by atoms with E-state index >= 15 is 0 Å². The van der Waals surface area contributed by atoms with E-state index in [1.807, 2.05) is 24.3 Å². The van der Waals surface area contributed by atoms with Crippen molar-refractivity contribution < 1.29 is 33.2 Å². The maximum atomic E-state index is 12.2. The van der Waals surface area contributed by atoms with E-state index in [-0.39, 0.29) is 5.60 Å². The minimum atomic E-state index is -3.82. The van der Waals surface area contributed by atoms with E-state index in [0.29, 0.717) is 17.9 Å². The first-order valence-electron chi connectivity index (χ1n) is 12.2. The molecule has 0 bridgehead atoms. The van der Waals surface area contributed by atoms with Crippen LogP contribution in [0.15, 0.2) is 36.4 Å². The van der Waals surface area contributed by atoms with Crippen LogP contribution in [0, 0.1) is 0 Å². The van der Waals surface area contributed by atoms with Crippen molar-refractivity contribution in [2.24, 2.45) is 0 Å². The molecule has 0 aromatic heterocycles. The van der Waals surface area contributed by atoms with E-state index in [1.165, 1.54) is 5.56 Å². The molecule has 4 aliphatic rings. The third kappa shape index (κ3) is 4.34. The number of aliphatic hydroxyl groups is 3. The largest absolute Gasteiger partial charge is 0.483 e. The summed E-state index contributed by atoms with van der Waals surface area (Å²) in [6, 6.07) is 12.0. The van der Waals surface area contributed by atoms with Gasteiger partial charge in [0.2, 0.25) is 0 Å². The summed E-state index contributed by atoms with van der Waals surface area (Å²) in [6.07, 6.45) is 0.0694. The fourth-order valence-electron chi connectivity index (χ4n) is 5.30. The number of anilines is 1. The Morgan fingerprint density at radius 3 is 2.49 bits per heavy atom. The fraction of sp³-hybridized carbons (Fsp3) is 0.538. The second-order valence-corrected chi connectivity index (χ2v) is 12.7. The van der Waals surface area contributed by atoms with Gasteiger partial charge in [-0.1, -0.05) is 24.3 Å². The van der Waals surface area contributed by atoms with Gasteiger partial charge in [0.15, 0.2) is 15.3 Å². The minimum Gasteiger partial charge on any atom is -0.483 e. The molecule has 5 atom stereocenters. The zero-order valence-electron chi connectivity index (χ0n) is 19.6. The Kier molecular flexibility index (Phi) is 5.43. The Balaban J connectivity index is 1.32. The molecule has 2 aromatic carbocycles. The van der Waals surface area contributed by atoms with Crippen molar-refractivity contribution in [3.8, 4) is 5.75 Å². The normalized spacial score (nSPS) is 31.4. The maximum absolute atomic E-state index is 12.2. The molecule has 35 heavy (non-hydrogen) atoms. The van der Waals surface area contributed by atoms with E-state index in [9.17, 15) is 23.7 Å². The van der Waals surface area contributed by atoms with Crippen LogP contribution < -0.4 is 10.1 Å². The third-order valence-electron chi connectivity index (χ3n) is 7.68. The zero-order chi connectivity index (χ0) is 24.5. The summed E-state index contributed by atoms with van der Waals surface area (Å²) in [7, 11) is -3.82. The lowest BCUT2D eigenvalue weighted by molar-refractivity contribution is -0.202. The average molecular weight is 502 g/mol. The summed E-state index contributed by atoms with van der Waals surface area (Å²) in [6.45, 7) is 0.839. The van der Waals surface area contributed by atoms with Crippen molar-refractivity contribution in [2.45, 2.75) is 73.5 Å². The van der Waals surface area contributed by atoms with Crippen LogP contribution in [0.5, 0.6) is 5.75 Å². The Labute approximate surface area is 204 Å². The highest BCUT2D eigenvalue weighted by Crippen LogP contribution is 2.47. The molecule has 2 saturated carbocycles. The molecule has 8 nitrogen and oxygen atoms in total. The lowest BCUT2D eigenvalue weighted by Crippen LogP contribution is -2.56. The van der Waals surface area contributed by atoms with Crippen molar-refractivity contribution in [2.75, 3.05) is 18.1 Å². The summed E-state index contributed by atoms with van der Waals surface area (Å²) in [5, 5.41) is 34.7.